The summed E-state index contributed by atoms with van der Waals surface area (Å²) in [5, 5.41) is 0. The number of anilines is 1. The molecule has 0 saturated heterocycles. The van der Waals surface area contributed by atoms with Gasteiger partial charge in [0.2, 0.25) is 0 Å². The highest BCUT2D eigenvalue weighted by molar-refractivity contribution is 6.25. The van der Waals surface area contributed by atoms with Crippen LogP contribution in [0.5, 0.6) is 0 Å². The zero-order valence-electron chi connectivity index (χ0n) is 15.1. The normalized spacial score (nSPS) is 10.4. The molecule has 0 fully saturated rings. The highest BCUT2D eigenvalue weighted by Crippen LogP contribution is 2.22. The minimum Gasteiger partial charge on any atom is -0.268 e. The summed E-state index contributed by atoms with van der Waals surface area (Å²) in [4.78, 5) is 31.9. The molecule has 0 unspecified atom stereocenters. The smallest absolute Gasteiger partial charge is 0.266 e. The summed E-state index contributed by atoms with van der Waals surface area (Å²) in [5.74, 6) is -0.422. The number of imide groups is 1. The molecular formula is C22H20N2O2. The van der Waals surface area contributed by atoms with Crippen LogP contribution in [-0.4, -0.2) is 16.8 Å². The zero-order valence-corrected chi connectivity index (χ0v) is 15.1. The van der Waals surface area contributed by atoms with Crippen molar-refractivity contribution in [2.24, 2.45) is 0 Å². The Bertz CT molecular complexity index is 922. The van der Waals surface area contributed by atoms with Crippen molar-refractivity contribution in [2.45, 2.75) is 20.8 Å². The Morgan fingerprint density at radius 1 is 0.769 bits per heavy atom. The molecular weight excluding hydrogens is 324 g/mol. The number of aryl methyl sites for hydroxylation is 3. The molecule has 130 valence electrons. The molecule has 3 aromatic rings. The lowest BCUT2D eigenvalue weighted by Crippen LogP contribution is -2.38. The van der Waals surface area contributed by atoms with Gasteiger partial charge in [-0.1, -0.05) is 41.5 Å². The molecule has 0 atom stereocenters. The zero-order chi connectivity index (χ0) is 18.7. The van der Waals surface area contributed by atoms with Crippen molar-refractivity contribution in [3.8, 4) is 0 Å². The first-order valence-electron chi connectivity index (χ1n) is 8.41. The molecule has 2 aromatic carbocycles. The second-order valence-electron chi connectivity index (χ2n) is 6.33. The number of carbonyl (C=O) groups excluding carboxylic acids is 2. The molecule has 3 rings (SSSR count). The molecule has 2 amide bonds. The number of carbonyl (C=O) groups is 2. The predicted molar refractivity (Wildman–Crippen MR) is 102 cm³/mol. The van der Waals surface area contributed by atoms with E-state index in [1.54, 1.807) is 36.5 Å². The molecule has 0 aliphatic heterocycles. The molecule has 0 bridgehead atoms. The van der Waals surface area contributed by atoms with Crippen molar-refractivity contribution in [1.29, 1.82) is 0 Å². The van der Waals surface area contributed by atoms with Gasteiger partial charge < -0.3 is 0 Å². The lowest BCUT2D eigenvalue weighted by atomic mass is 10.1. The van der Waals surface area contributed by atoms with E-state index in [9.17, 15) is 9.59 Å². The molecule has 0 spiro atoms. The van der Waals surface area contributed by atoms with Gasteiger partial charge in [0, 0.05) is 17.3 Å². The number of nitrogens with zero attached hydrogens (tertiary/aromatic N) is 2. The van der Waals surface area contributed by atoms with Crippen LogP contribution in [0, 0.1) is 20.8 Å². The van der Waals surface area contributed by atoms with E-state index in [1.807, 2.05) is 51.1 Å². The predicted octanol–water partition coefficient (Wildman–Crippen LogP) is 4.49. The van der Waals surface area contributed by atoms with Crippen LogP contribution >= 0.6 is 0 Å². The minimum atomic E-state index is -0.387. The Morgan fingerprint density at radius 2 is 1.31 bits per heavy atom. The fraction of sp³-hybridized carbons (Fsp3) is 0.136. The van der Waals surface area contributed by atoms with Gasteiger partial charge in [-0.15, -0.1) is 0 Å². The lowest BCUT2D eigenvalue weighted by molar-refractivity contribution is 0.0896. The van der Waals surface area contributed by atoms with Crippen LogP contribution in [0.15, 0.2) is 66.9 Å². The summed E-state index contributed by atoms with van der Waals surface area (Å²) in [6.07, 6.45) is 1.59. The first kappa shape index (κ1) is 17.5. The third kappa shape index (κ3) is 3.54. The Balaban J connectivity index is 2.12. The number of amides is 2. The van der Waals surface area contributed by atoms with E-state index < -0.39 is 0 Å². The minimum absolute atomic E-state index is 0.352. The largest absolute Gasteiger partial charge is 0.268 e. The Hall–Kier alpha value is -3.27. The summed E-state index contributed by atoms with van der Waals surface area (Å²) in [7, 11) is 0. The number of rotatable bonds is 3. The van der Waals surface area contributed by atoms with Gasteiger partial charge in [-0.3, -0.25) is 9.59 Å². The second kappa shape index (κ2) is 7.31. The molecule has 0 aliphatic rings. The van der Waals surface area contributed by atoms with E-state index in [0.717, 1.165) is 16.7 Å². The van der Waals surface area contributed by atoms with Crippen LogP contribution in [0.1, 0.15) is 37.4 Å². The number of hydrogen-bond donors (Lipinski definition) is 0. The van der Waals surface area contributed by atoms with E-state index in [2.05, 4.69) is 4.98 Å². The summed E-state index contributed by atoms with van der Waals surface area (Å²) in [6, 6.07) is 18.0. The van der Waals surface area contributed by atoms with Gasteiger partial charge in [0.1, 0.15) is 5.82 Å². The second-order valence-corrected chi connectivity index (χ2v) is 6.33. The quantitative estimate of drug-likeness (QED) is 0.658. The molecule has 4 nitrogen and oxygen atoms in total. The molecule has 0 aliphatic carbocycles. The molecule has 1 heterocycles. The maximum atomic E-state index is 13.2. The van der Waals surface area contributed by atoms with E-state index in [4.69, 9.17) is 0 Å². The van der Waals surface area contributed by atoms with Crippen molar-refractivity contribution in [1.82, 2.24) is 4.98 Å². The highest BCUT2D eigenvalue weighted by atomic mass is 16.2. The van der Waals surface area contributed by atoms with Crippen molar-refractivity contribution in [3.05, 3.63) is 94.7 Å². The molecule has 0 N–H and O–H groups in total. The summed E-state index contributed by atoms with van der Waals surface area (Å²) in [6.45, 7) is 5.66. The maximum Gasteiger partial charge on any atom is 0.266 e. The topological polar surface area (TPSA) is 50.3 Å². The van der Waals surface area contributed by atoms with Gasteiger partial charge in [0.05, 0.1) is 0 Å². The van der Waals surface area contributed by atoms with Gasteiger partial charge in [0.25, 0.3) is 11.8 Å². The molecule has 0 saturated carbocycles. The van der Waals surface area contributed by atoms with Crippen LogP contribution < -0.4 is 4.90 Å². The first-order valence-corrected chi connectivity index (χ1v) is 8.41. The van der Waals surface area contributed by atoms with Crippen LogP contribution in [0.3, 0.4) is 0 Å². The van der Waals surface area contributed by atoms with E-state index in [0.29, 0.717) is 16.9 Å². The number of benzene rings is 2. The number of pyridine rings is 1. The van der Waals surface area contributed by atoms with Crippen LogP contribution in [0.4, 0.5) is 5.82 Å². The van der Waals surface area contributed by atoms with Crippen LogP contribution in [0.2, 0.25) is 0 Å². The monoisotopic (exact) mass is 344 g/mol. The molecule has 4 heteroatoms. The number of hydrogen-bond acceptors (Lipinski definition) is 3. The Kier molecular flexibility index (Phi) is 4.94. The average molecular weight is 344 g/mol. The van der Waals surface area contributed by atoms with Gasteiger partial charge in [-0.25, -0.2) is 9.88 Å². The van der Waals surface area contributed by atoms with Crippen molar-refractivity contribution in [3.63, 3.8) is 0 Å². The van der Waals surface area contributed by atoms with Crippen molar-refractivity contribution in [2.75, 3.05) is 4.90 Å². The van der Waals surface area contributed by atoms with Crippen molar-refractivity contribution < 1.29 is 9.59 Å². The third-order valence-electron chi connectivity index (χ3n) is 4.13. The van der Waals surface area contributed by atoms with Gasteiger partial charge in [-0.2, -0.15) is 0 Å². The van der Waals surface area contributed by atoms with E-state index >= 15 is 0 Å². The Morgan fingerprint density at radius 3 is 1.77 bits per heavy atom. The SMILES string of the molecule is Cc1cccc(C(=O)N(C(=O)c2cccc(C)c2)c2ncccc2C)c1. The third-order valence-corrected chi connectivity index (χ3v) is 4.13. The maximum absolute atomic E-state index is 13.2. The standard InChI is InChI=1S/C22H20N2O2/c1-15-7-4-10-18(13-15)21(25)24(20-17(3)9-6-12-23-20)22(26)19-11-5-8-16(2)14-19/h4-14H,1-3H3. The van der Waals surface area contributed by atoms with Crippen LogP contribution in [-0.2, 0) is 0 Å². The van der Waals surface area contributed by atoms with Crippen molar-refractivity contribution >= 4 is 17.6 Å². The van der Waals surface area contributed by atoms with Gasteiger partial charge in [0.15, 0.2) is 0 Å². The molecule has 26 heavy (non-hydrogen) atoms. The molecule has 1 aromatic heterocycles. The number of aromatic nitrogens is 1. The van der Waals surface area contributed by atoms with Gasteiger partial charge >= 0.3 is 0 Å². The highest BCUT2D eigenvalue weighted by Gasteiger charge is 2.28. The lowest BCUT2D eigenvalue weighted by Gasteiger charge is -2.22. The summed E-state index contributed by atoms with van der Waals surface area (Å²) < 4.78 is 0. The van der Waals surface area contributed by atoms with E-state index in [1.165, 1.54) is 4.90 Å². The first-order chi connectivity index (χ1) is 12.5. The Labute approximate surface area is 153 Å². The summed E-state index contributed by atoms with van der Waals surface area (Å²) in [5.41, 5.74) is 3.58. The summed E-state index contributed by atoms with van der Waals surface area (Å²) >= 11 is 0. The average Bonchev–Trinajstić information content (AvgIpc) is 2.63. The fourth-order valence-corrected chi connectivity index (χ4v) is 2.81. The van der Waals surface area contributed by atoms with E-state index in [-0.39, 0.29) is 11.8 Å². The molecule has 0 radical (unpaired) electrons. The van der Waals surface area contributed by atoms with Crippen LogP contribution in [0.25, 0.3) is 0 Å². The van der Waals surface area contributed by atoms with Gasteiger partial charge in [-0.05, 0) is 56.7 Å². The fourth-order valence-electron chi connectivity index (χ4n) is 2.81.